The van der Waals surface area contributed by atoms with Crippen molar-refractivity contribution in [1.82, 2.24) is 0 Å². The Bertz CT molecular complexity index is 788. The second-order valence-corrected chi connectivity index (χ2v) is 6.12. The first-order chi connectivity index (χ1) is 12.2. The summed E-state index contributed by atoms with van der Waals surface area (Å²) >= 11 is 0. The number of hydrogen-bond acceptors (Lipinski definition) is 2. The third kappa shape index (κ3) is 4.77. The molecule has 0 atom stereocenters. The molecule has 25 heavy (non-hydrogen) atoms. The molecule has 3 N–H and O–H groups in total. The lowest BCUT2D eigenvalue weighted by Crippen LogP contribution is -2.23. The maximum atomic E-state index is 5.99. The van der Waals surface area contributed by atoms with Gasteiger partial charge in [0.05, 0.1) is 0 Å². The van der Waals surface area contributed by atoms with Gasteiger partial charge in [0.25, 0.3) is 0 Å². The van der Waals surface area contributed by atoms with Crippen molar-refractivity contribution in [2.75, 3.05) is 18.5 Å². The molecule has 0 unspecified atom stereocenters. The van der Waals surface area contributed by atoms with Gasteiger partial charge in [-0.15, -0.1) is 6.42 Å². The van der Waals surface area contributed by atoms with Gasteiger partial charge in [-0.2, -0.15) is 0 Å². The van der Waals surface area contributed by atoms with Crippen molar-refractivity contribution in [1.29, 1.82) is 0 Å². The Morgan fingerprint density at radius 2 is 1.96 bits per heavy atom. The van der Waals surface area contributed by atoms with Crippen LogP contribution in [0.1, 0.15) is 23.1 Å². The molecule has 4 nitrogen and oxygen atoms in total. The number of terminal acetylenes is 1. The highest BCUT2D eigenvalue weighted by atomic mass is 16.5. The predicted octanol–water partition coefficient (Wildman–Crippen LogP) is 3.16. The Kier molecular flexibility index (Phi) is 5.58. The number of nitrogens with one attached hydrogen (secondary N) is 1. The van der Waals surface area contributed by atoms with Crippen LogP contribution >= 0.6 is 0 Å². The molecule has 0 heterocycles. The molecule has 0 fully saturated rings. The summed E-state index contributed by atoms with van der Waals surface area (Å²) < 4.78 is 5.36. The largest absolute Gasteiger partial charge is 0.481 e. The van der Waals surface area contributed by atoms with Crippen LogP contribution in [-0.2, 0) is 19.3 Å². The molecule has 0 saturated carbocycles. The number of hydrogen-bond donors (Lipinski definition) is 2. The minimum Gasteiger partial charge on any atom is -0.481 e. The first-order valence-electron chi connectivity index (χ1n) is 8.58. The summed E-state index contributed by atoms with van der Waals surface area (Å²) in [6, 6.07) is 14.3. The highest BCUT2D eigenvalue weighted by molar-refractivity contribution is 5.92. The summed E-state index contributed by atoms with van der Waals surface area (Å²) in [6.45, 7) is 0.920. The summed E-state index contributed by atoms with van der Waals surface area (Å²) in [6.07, 6.45) is 9.58. The topological polar surface area (TPSA) is 59.6 Å². The minimum atomic E-state index is 0.286. The van der Waals surface area contributed by atoms with Crippen LogP contribution in [0.15, 0.2) is 47.5 Å². The van der Waals surface area contributed by atoms with Gasteiger partial charge in [0.2, 0.25) is 0 Å². The summed E-state index contributed by atoms with van der Waals surface area (Å²) in [7, 11) is 0. The Balaban J connectivity index is 1.49. The smallest absolute Gasteiger partial charge is 0.193 e. The van der Waals surface area contributed by atoms with Crippen LogP contribution in [0.2, 0.25) is 0 Å². The van der Waals surface area contributed by atoms with E-state index in [4.69, 9.17) is 16.9 Å². The molecule has 1 aliphatic carbocycles. The Hall–Kier alpha value is -2.93. The van der Waals surface area contributed by atoms with Crippen molar-refractivity contribution < 1.29 is 4.74 Å². The number of benzene rings is 2. The fraction of sp³-hybridized carbons (Fsp3) is 0.286. The molecular formula is C21H23N3O. The van der Waals surface area contributed by atoms with Crippen LogP contribution in [0.4, 0.5) is 5.69 Å². The van der Waals surface area contributed by atoms with E-state index in [9.17, 15) is 0 Å². The molecule has 128 valence electrons. The zero-order chi connectivity index (χ0) is 17.5. The van der Waals surface area contributed by atoms with Gasteiger partial charge in [0.15, 0.2) is 5.96 Å². The number of aliphatic imine (C=N–C) groups is 1. The zero-order valence-electron chi connectivity index (χ0n) is 14.3. The van der Waals surface area contributed by atoms with Gasteiger partial charge in [0.1, 0.15) is 12.4 Å². The Labute approximate surface area is 149 Å². The van der Waals surface area contributed by atoms with Crippen molar-refractivity contribution in [3.63, 3.8) is 0 Å². The van der Waals surface area contributed by atoms with Gasteiger partial charge in [-0.3, -0.25) is 4.99 Å². The molecule has 0 bridgehead atoms. The highest BCUT2D eigenvalue weighted by Crippen LogP contribution is 2.24. The van der Waals surface area contributed by atoms with Crippen molar-refractivity contribution in [2.24, 2.45) is 10.7 Å². The van der Waals surface area contributed by atoms with Crippen LogP contribution in [0.5, 0.6) is 5.75 Å². The van der Waals surface area contributed by atoms with Gasteiger partial charge >= 0.3 is 0 Å². The molecule has 0 spiro atoms. The van der Waals surface area contributed by atoms with E-state index in [1.54, 1.807) is 0 Å². The van der Waals surface area contributed by atoms with Gasteiger partial charge < -0.3 is 15.8 Å². The molecule has 0 aromatic heterocycles. The van der Waals surface area contributed by atoms with Crippen molar-refractivity contribution >= 4 is 11.6 Å². The fourth-order valence-corrected chi connectivity index (χ4v) is 3.02. The van der Waals surface area contributed by atoms with Crippen molar-refractivity contribution in [2.45, 2.75) is 25.7 Å². The predicted molar refractivity (Wildman–Crippen MR) is 103 cm³/mol. The third-order valence-electron chi connectivity index (χ3n) is 4.30. The van der Waals surface area contributed by atoms with Crippen molar-refractivity contribution in [3.05, 3.63) is 59.2 Å². The lowest BCUT2D eigenvalue weighted by atomic mass is 10.1. The minimum absolute atomic E-state index is 0.286. The number of nitrogens with zero attached hydrogens (tertiary/aromatic N) is 1. The van der Waals surface area contributed by atoms with E-state index in [0.29, 0.717) is 12.5 Å². The summed E-state index contributed by atoms with van der Waals surface area (Å²) in [5, 5.41) is 3.18. The Morgan fingerprint density at radius 3 is 2.76 bits per heavy atom. The molecule has 0 amide bonds. The first-order valence-corrected chi connectivity index (χ1v) is 8.58. The lowest BCUT2D eigenvalue weighted by Gasteiger charge is -2.08. The number of anilines is 1. The molecule has 3 rings (SSSR count). The van der Waals surface area contributed by atoms with Crippen LogP contribution in [-0.4, -0.2) is 19.1 Å². The number of guanidine groups is 1. The van der Waals surface area contributed by atoms with Crippen LogP contribution in [0.25, 0.3) is 0 Å². The maximum absolute atomic E-state index is 5.99. The molecule has 2 aromatic rings. The molecular weight excluding hydrogens is 310 g/mol. The quantitative estimate of drug-likeness (QED) is 0.485. The van der Waals surface area contributed by atoms with Gasteiger partial charge in [-0.05, 0) is 66.6 Å². The zero-order valence-corrected chi connectivity index (χ0v) is 14.3. The summed E-state index contributed by atoms with van der Waals surface area (Å²) in [5.74, 6) is 3.68. The number of rotatable bonds is 6. The maximum Gasteiger partial charge on any atom is 0.193 e. The van der Waals surface area contributed by atoms with E-state index in [2.05, 4.69) is 34.4 Å². The van der Waals surface area contributed by atoms with Crippen molar-refractivity contribution in [3.8, 4) is 18.1 Å². The number of ether oxygens (including phenoxy) is 1. The van der Waals surface area contributed by atoms with E-state index < -0.39 is 0 Å². The molecule has 4 heteroatoms. The lowest BCUT2D eigenvalue weighted by molar-refractivity contribution is 0.370. The van der Waals surface area contributed by atoms with E-state index in [0.717, 1.165) is 24.3 Å². The van der Waals surface area contributed by atoms with Crippen LogP contribution in [0.3, 0.4) is 0 Å². The SMILES string of the molecule is C#CCOc1ccc(CCN=C(N)Nc2ccc3c(c2)CCC3)cc1. The average molecular weight is 333 g/mol. The van der Waals surface area contributed by atoms with Gasteiger partial charge in [0, 0.05) is 12.2 Å². The van der Waals surface area contributed by atoms with E-state index in [1.807, 2.05) is 24.3 Å². The number of nitrogens with two attached hydrogens (primary N) is 1. The molecule has 0 aliphatic heterocycles. The van der Waals surface area contributed by atoms with E-state index >= 15 is 0 Å². The number of aryl methyl sites for hydroxylation is 2. The second-order valence-electron chi connectivity index (χ2n) is 6.12. The van der Waals surface area contributed by atoms with Gasteiger partial charge in [-0.1, -0.05) is 24.1 Å². The van der Waals surface area contributed by atoms with E-state index in [-0.39, 0.29) is 6.61 Å². The summed E-state index contributed by atoms with van der Waals surface area (Å²) in [4.78, 5) is 4.41. The molecule has 2 aromatic carbocycles. The molecule has 0 radical (unpaired) electrons. The molecule has 1 aliphatic rings. The number of fused-ring (bicyclic) bond motifs is 1. The normalized spacial score (nSPS) is 13.2. The van der Waals surface area contributed by atoms with Crippen LogP contribution in [0, 0.1) is 12.3 Å². The highest BCUT2D eigenvalue weighted by Gasteiger charge is 2.10. The second kappa shape index (κ2) is 8.25. The average Bonchev–Trinajstić information content (AvgIpc) is 3.09. The third-order valence-corrected chi connectivity index (χ3v) is 4.30. The summed E-state index contributed by atoms with van der Waals surface area (Å²) in [5.41, 5.74) is 11.1. The van der Waals surface area contributed by atoms with Gasteiger partial charge in [-0.25, -0.2) is 0 Å². The first kappa shape index (κ1) is 16.9. The monoisotopic (exact) mass is 333 g/mol. The van der Waals surface area contributed by atoms with E-state index in [1.165, 1.54) is 29.5 Å². The standard InChI is InChI=1S/C21H23N3O/c1-2-14-25-20-10-6-16(7-11-20)12-13-23-21(22)24-19-9-8-17-4-3-5-18(17)15-19/h1,6-11,15H,3-5,12-14H2,(H3,22,23,24). The molecule has 0 saturated heterocycles. The fourth-order valence-electron chi connectivity index (χ4n) is 3.02. The van der Waals surface area contributed by atoms with Crippen LogP contribution < -0.4 is 15.8 Å². The Morgan fingerprint density at radius 1 is 1.16 bits per heavy atom.